The van der Waals surface area contributed by atoms with Crippen molar-refractivity contribution < 1.29 is 14.3 Å². The van der Waals surface area contributed by atoms with E-state index in [4.69, 9.17) is 15.2 Å². The number of methoxy groups -OCH3 is 1. The SMILES string of the molecule is CC.CCOC1NC=C(C)C2=C1C(c1ccc(C#N)cc1OC)C(C(N)=O)=C(C)N2. The van der Waals surface area contributed by atoms with Crippen LogP contribution in [0.1, 0.15) is 51.7 Å². The van der Waals surface area contributed by atoms with Gasteiger partial charge in [0.2, 0.25) is 5.91 Å². The van der Waals surface area contributed by atoms with Crippen molar-refractivity contribution in [2.75, 3.05) is 13.7 Å². The molecule has 0 bridgehead atoms. The summed E-state index contributed by atoms with van der Waals surface area (Å²) >= 11 is 0. The number of nitrogens with zero attached hydrogens (tertiary/aromatic N) is 1. The van der Waals surface area contributed by atoms with Crippen LogP contribution in [0.25, 0.3) is 0 Å². The third-order valence-electron chi connectivity index (χ3n) is 5.01. The number of allylic oxidation sites excluding steroid dienone is 2. The molecule has 4 N–H and O–H groups in total. The minimum atomic E-state index is -0.518. The normalized spacial score (nSPS) is 20.0. The largest absolute Gasteiger partial charge is 0.496 e. The molecule has 0 saturated carbocycles. The number of nitrogens with one attached hydrogen (secondary N) is 2. The Labute approximate surface area is 178 Å². The van der Waals surface area contributed by atoms with Gasteiger partial charge in [0.25, 0.3) is 0 Å². The number of amides is 1. The number of nitrogens with two attached hydrogens (primary N) is 1. The van der Waals surface area contributed by atoms with Gasteiger partial charge in [-0.1, -0.05) is 19.9 Å². The Morgan fingerprint density at radius 3 is 2.57 bits per heavy atom. The fourth-order valence-electron chi connectivity index (χ4n) is 3.79. The van der Waals surface area contributed by atoms with Crippen LogP contribution in [0.15, 0.2) is 52.5 Å². The van der Waals surface area contributed by atoms with Crippen LogP contribution in [0.3, 0.4) is 0 Å². The highest BCUT2D eigenvalue weighted by molar-refractivity contribution is 5.96. The lowest BCUT2D eigenvalue weighted by Gasteiger charge is -2.39. The molecule has 1 aromatic rings. The zero-order valence-electron chi connectivity index (χ0n) is 18.4. The highest BCUT2D eigenvalue weighted by atomic mass is 16.5. The second kappa shape index (κ2) is 9.99. The Balaban J connectivity index is 0.00000155. The molecule has 0 saturated heterocycles. The molecule has 30 heavy (non-hydrogen) atoms. The maximum absolute atomic E-state index is 12.4. The van der Waals surface area contributed by atoms with Gasteiger partial charge < -0.3 is 25.8 Å². The molecular formula is C23H30N4O3. The molecule has 0 fully saturated rings. The molecule has 7 heteroatoms. The Kier molecular flexibility index (Phi) is 7.67. The fraction of sp³-hybridized carbons (Fsp3) is 0.391. The van der Waals surface area contributed by atoms with Gasteiger partial charge >= 0.3 is 0 Å². The molecule has 0 aliphatic carbocycles. The predicted octanol–water partition coefficient (Wildman–Crippen LogP) is 3.16. The molecule has 7 nitrogen and oxygen atoms in total. The van der Waals surface area contributed by atoms with Crippen molar-refractivity contribution in [2.24, 2.45) is 5.73 Å². The van der Waals surface area contributed by atoms with Crippen LogP contribution >= 0.6 is 0 Å². The highest BCUT2D eigenvalue weighted by Crippen LogP contribution is 2.45. The van der Waals surface area contributed by atoms with E-state index < -0.39 is 18.1 Å². The Bertz CT molecular complexity index is 954. The second-order valence-electron chi connectivity index (χ2n) is 6.69. The van der Waals surface area contributed by atoms with Crippen molar-refractivity contribution in [3.63, 3.8) is 0 Å². The number of ether oxygens (including phenoxy) is 2. The highest BCUT2D eigenvalue weighted by Gasteiger charge is 2.40. The monoisotopic (exact) mass is 410 g/mol. The Morgan fingerprint density at radius 1 is 1.30 bits per heavy atom. The maximum Gasteiger partial charge on any atom is 0.247 e. The van der Waals surface area contributed by atoms with Crippen LogP contribution in [0.4, 0.5) is 0 Å². The first-order chi connectivity index (χ1) is 14.4. The van der Waals surface area contributed by atoms with E-state index in [1.807, 2.05) is 46.9 Å². The van der Waals surface area contributed by atoms with E-state index in [-0.39, 0.29) is 0 Å². The van der Waals surface area contributed by atoms with Crippen molar-refractivity contribution in [2.45, 2.75) is 46.8 Å². The van der Waals surface area contributed by atoms with Crippen LogP contribution < -0.4 is 21.1 Å². The van der Waals surface area contributed by atoms with Gasteiger partial charge in [0.15, 0.2) is 6.23 Å². The van der Waals surface area contributed by atoms with Gasteiger partial charge in [0, 0.05) is 46.8 Å². The second-order valence-corrected chi connectivity index (χ2v) is 6.69. The number of carbonyl (C=O) groups is 1. The summed E-state index contributed by atoms with van der Waals surface area (Å²) in [7, 11) is 1.54. The van der Waals surface area contributed by atoms with Gasteiger partial charge in [0.1, 0.15) is 5.75 Å². The quantitative estimate of drug-likeness (QED) is 0.688. The molecule has 1 amide bonds. The minimum Gasteiger partial charge on any atom is -0.496 e. The van der Waals surface area contributed by atoms with Crippen molar-refractivity contribution in [3.8, 4) is 11.8 Å². The van der Waals surface area contributed by atoms with Gasteiger partial charge in [-0.05, 0) is 38.5 Å². The topological polar surface area (TPSA) is 109 Å². The van der Waals surface area contributed by atoms with Crippen LogP contribution in [0, 0.1) is 11.3 Å². The van der Waals surface area contributed by atoms with Crippen molar-refractivity contribution in [1.82, 2.24) is 10.6 Å². The van der Waals surface area contributed by atoms with E-state index in [9.17, 15) is 10.1 Å². The molecule has 2 aliphatic rings. The molecule has 1 aromatic carbocycles. The summed E-state index contributed by atoms with van der Waals surface area (Å²) < 4.78 is 11.5. The summed E-state index contributed by atoms with van der Waals surface area (Å²) in [5.74, 6) is -0.466. The lowest BCUT2D eigenvalue weighted by Crippen LogP contribution is -2.43. The first-order valence-electron chi connectivity index (χ1n) is 10.1. The predicted molar refractivity (Wildman–Crippen MR) is 116 cm³/mol. The van der Waals surface area contributed by atoms with Crippen molar-refractivity contribution in [3.05, 3.63) is 63.6 Å². The molecule has 2 unspecified atom stereocenters. The van der Waals surface area contributed by atoms with Gasteiger partial charge in [0.05, 0.1) is 18.7 Å². The van der Waals surface area contributed by atoms with E-state index in [0.717, 1.165) is 22.4 Å². The summed E-state index contributed by atoms with van der Waals surface area (Å²) in [5.41, 5.74) is 10.9. The van der Waals surface area contributed by atoms with Gasteiger partial charge in [-0.25, -0.2) is 0 Å². The van der Waals surface area contributed by atoms with Crippen molar-refractivity contribution >= 4 is 5.91 Å². The summed E-state index contributed by atoms with van der Waals surface area (Å²) in [6.45, 7) is 10.2. The average Bonchev–Trinajstić information content (AvgIpc) is 2.75. The Morgan fingerprint density at radius 2 is 2.00 bits per heavy atom. The van der Waals surface area contributed by atoms with E-state index >= 15 is 0 Å². The first kappa shape index (κ1) is 23.0. The van der Waals surface area contributed by atoms with Gasteiger partial charge in [-0.15, -0.1) is 0 Å². The number of primary amides is 1. The third-order valence-corrected chi connectivity index (χ3v) is 5.01. The molecule has 0 radical (unpaired) electrons. The van der Waals surface area contributed by atoms with Crippen LogP contribution in [0.5, 0.6) is 5.75 Å². The van der Waals surface area contributed by atoms with Crippen LogP contribution in [0.2, 0.25) is 0 Å². The summed E-state index contributed by atoms with van der Waals surface area (Å²) in [4.78, 5) is 12.4. The third kappa shape index (κ3) is 4.19. The number of dihydropyridines is 2. The molecular weight excluding hydrogens is 380 g/mol. The summed E-state index contributed by atoms with van der Waals surface area (Å²) in [5, 5.41) is 15.8. The smallest absolute Gasteiger partial charge is 0.247 e. The Hall–Kier alpha value is -3.24. The number of hydrogen-bond acceptors (Lipinski definition) is 6. The van der Waals surface area contributed by atoms with Crippen LogP contribution in [-0.4, -0.2) is 25.9 Å². The zero-order valence-corrected chi connectivity index (χ0v) is 18.4. The fourth-order valence-corrected chi connectivity index (χ4v) is 3.79. The lowest BCUT2D eigenvalue weighted by atomic mass is 9.77. The molecule has 0 spiro atoms. The number of nitriles is 1. The first-order valence-corrected chi connectivity index (χ1v) is 10.1. The van der Waals surface area contributed by atoms with E-state index in [1.165, 1.54) is 0 Å². The number of rotatable bonds is 5. The lowest BCUT2D eigenvalue weighted by molar-refractivity contribution is -0.114. The number of carbonyl (C=O) groups excluding carboxylic acids is 1. The van der Waals surface area contributed by atoms with Crippen molar-refractivity contribution in [1.29, 1.82) is 5.26 Å². The van der Waals surface area contributed by atoms with E-state index in [1.54, 1.807) is 19.2 Å². The standard InChI is InChI=1S/C21H24N4O3.C2H6/c1-5-28-21-18-17(14-7-6-13(9-22)8-15(14)27-4)16(20(23)26)12(3)25-19(18)11(2)10-24-21;1-2/h6-8,10,17,21,24-25H,5H2,1-4H3,(H2,23,26);1-2H3. The van der Waals surface area contributed by atoms with E-state index in [0.29, 0.717) is 29.2 Å². The number of hydrogen-bond donors (Lipinski definition) is 3. The molecule has 2 heterocycles. The molecule has 2 aliphatic heterocycles. The molecule has 160 valence electrons. The summed E-state index contributed by atoms with van der Waals surface area (Å²) in [6.07, 6.45) is 1.46. The van der Waals surface area contributed by atoms with Crippen LogP contribution in [-0.2, 0) is 9.53 Å². The molecule has 3 rings (SSSR count). The maximum atomic E-state index is 12.4. The average molecular weight is 411 g/mol. The molecule has 0 aromatic heterocycles. The molecule has 2 atom stereocenters. The van der Waals surface area contributed by atoms with Gasteiger partial charge in [-0.2, -0.15) is 5.26 Å². The number of benzene rings is 1. The van der Waals surface area contributed by atoms with E-state index in [2.05, 4.69) is 16.7 Å². The zero-order chi connectivity index (χ0) is 22.4. The minimum absolute atomic E-state index is 0.427. The summed E-state index contributed by atoms with van der Waals surface area (Å²) in [6, 6.07) is 7.30. The van der Waals surface area contributed by atoms with Gasteiger partial charge in [-0.3, -0.25) is 4.79 Å².